The van der Waals surface area contributed by atoms with Crippen LogP contribution in [0.2, 0.25) is 0 Å². The number of aliphatic hydroxyl groups is 1. The van der Waals surface area contributed by atoms with Crippen LogP contribution in [0.1, 0.15) is 100.0 Å². The third-order valence-corrected chi connectivity index (χ3v) is 11.0. The minimum absolute atomic E-state index is 0.0238. The zero-order chi connectivity index (χ0) is 45.7. The van der Waals surface area contributed by atoms with Gasteiger partial charge in [-0.1, -0.05) is 101 Å². The number of hydrogen-bond acceptors (Lipinski definition) is 15. The van der Waals surface area contributed by atoms with E-state index in [1.807, 2.05) is 56.4 Å². The highest BCUT2D eigenvalue weighted by Crippen LogP contribution is 2.36. The van der Waals surface area contributed by atoms with Crippen LogP contribution in [-0.4, -0.2) is 106 Å². The lowest BCUT2D eigenvalue weighted by Crippen LogP contribution is -2.44. The van der Waals surface area contributed by atoms with Crippen LogP contribution >= 0.6 is 0 Å². The van der Waals surface area contributed by atoms with Crippen molar-refractivity contribution in [2.75, 3.05) is 7.11 Å². The fourth-order valence-corrected chi connectivity index (χ4v) is 6.68. The van der Waals surface area contributed by atoms with Gasteiger partial charge in [-0.15, -0.1) is 0 Å². The van der Waals surface area contributed by atoms with Crippen molar-refractivity contribution in [3.05, 3.63) is 115 Å². The third-order valence-electron chi connectivity index (χ3n) is 11.0. The number of allylic oxidation sites excluding steroid dienone is 4. The van der Waals surface area contributed by atoms with Gasteiger partial charge in [-0.2, -0.15) is 0 Å². The van der Waals surface area contributed by atoms with E-state index in [4.69, 9.17) is 42.4 Å². The van der Waals surface area contributed by atoms with E-state index in [0.29, 0.717) is 0 Å². The summed E-state index contributed by atoms with van der Waals surface area (Å²) < 4.78 is 46.2. The monoisotopic (exact) mass is 874 g/mol. The number of oxazole rings is 2. The Hall–Kier alpha value is -5.68. The minimum atomic E-state index is -1.13. The molecule has 0 aliphatic carbocycles. The van der Waals surface area contributed by atoms with Gasteiger partial charge >= 0.3 is 23.9 Å². The quantitative estimate of drug-likeness (QED) is 0.102. The molecule has 0 radical (unpaired) electrons. The lowest BCUT2D eigenvalue weighted by molar-refractivity contribution is -0.158. The van der Waals surface area contributed by atoms with Crippen LogP contribution in [0.15, 0.2) is 100 Å². The van der Waals surface area contributed by atoms with E-state index in [0.717, 1.165) is 0 Å². The first kappa shape index (κ1) is 48.4. The summed E-state index contributed by atoms with van der Waals surface area (Å²) in [5, 5.41) is 20.0. The van der Waals surface area contributed by atoms with E-state index in [1.54, 1.807) is 70.2 Å². The smallest absolute Gasteiger partial charge is 0.360 e. The highest BCUT2D eigenvalue weighted by atomic mass is 16.6. The molecule has 0 amide bonds. The Kier molecular flexibility index (Phi) is 17.0. The molecule has 4 bridgehead atoms. The number of aliphatic carboxylic acids is 1. The number of esters is 3. The maximum absolute atomic E-state index is 13.7. The fraction of sp³-hybridized carbons (Fsp3) is 0.489. The molecule has 2 N–H and O–H groups in total. The van der Waals surface area contributed by atoms with Gasteiger partial charge < -0.3 is 47.5 Å². The molecule has 3 aliphatic heterocycles. The molecule has 2 aromatic heterocycles. The average molecular weight is 875 g/mol. The number of methoxy groups -OCH3 is 1. The summed E-state index contributed by atoms with van der Waals surface area (Å²) in [6.07, 6.45) is 22.2. The molecule has 16 nitrogen and oxygen atoms in total. The van der Waals surface area contributed by atoms with Crippen molar-refractivity contribution < 1.29 is 66.6 Å². The lowest BCUT2D eigenvalue weighted by atomic mass is 9.78. The molecule has 16 heteroatoms. The molecule has 5 rings (SSSR count). The first-order valence-corrected chi connectivity index (χ1v) is 20.9. The second-order valence-corrected chi connectivity index (χ2v) is 16.5. The van der Waals surface area contributed by atoms with E-state index >= 15 is 0 Å². The van der Waals surface area contributed by atoms with Gasteiger partial charge in [-0.3, -0.25) is 9.59 Å². The van der Waals surface area contributed by atoms with Gasteiger partial charge in [0.1, 0.15) is 55.3 Å². The molecule has 9 atom stereocenters. The van der Waals surface area contributed by atoms with Crippen molar-refractivity contribution in [1.82, 2.24) is 9.97 Å². The zero-order valence-electron chi connectivity index (χ0n) is 36.7. The summed E-state index contributed by atoms with van der Waals surface area (Å²) in [5.41, 5.74) is -1.98. The summed E-state index contributed by atoms with van der Waals surface area (Å²) in [5.74, 6) is -2.89. The number of rotatable bonds is 11. The molecule has 2 aromatic rings. The van der Waals surface area contributed by atoms with E-state index in [2.05, 4.69) is 9.97 Å². The predicted octanol–water partition coefficient (Wildman–Crippen LogP) is 6.88. The number of carboxylic acid groups (broad SMARTS) is 1. The van der Waals surface area contributed by atoms with Crippen LogP contribution in [-0.2, 0) is 44.4 Å². The molecule has 0 saturated carbocycles. The van der Waals surface area contributed by atoms with E-state index in [9.17, 15) is 24.3 Å². The Labute approximate surface area is 367 Å². The van der Waals surface area contributed by atoms with Crippen molar-refractivity contribution in [3.63, 3.8) is 0 Å². The van der Waals surface area contributed by atoms with Crippen molar-refractivity contribution >= 4 is 30.0 Å². The van der Waals surface area contributed by atoms with Gasteiger partial charge in [-0.05, 0) is 19.9 Å². The number of hydrogen-bond donors (Lipinski definition) is 2. The number of aromatic nitrogens is 2. The van der Waals surface area contributed by atoms with Crippen LogP contribution in [0.4, 0.5) is 0 Å². The minimum Gasteiger partial charge on any atom is -0.481 e. The Morgan fingerprint density at radius 2 is 1.38 bits per heavy atom. The van der Waals surface area contributed by atoms with E-state index in [-0.39, 0.29) is 73.3 Å². The average Bonchev–Trinajstić information content (AvgIpc) is 4.04. The van der Waals surface area contributed by atoms with Gasteiger partial charge in [0.25, 0.3) is 0 Å². The second kappa shape index (κ2) is 22.1. The molecular weight excluding hydrogens is 817 g/mol. The number of carboxylic acids is 1. The molecule has 3 aliphatic rings. The summed E-state index contributed by atoms with van der Waals surface area (Å²) in [7, 11) is 1.53. The number of cyclic esters (lactones) is 2. The number of carbonyl (C=O) groups is 4. The van der Waals surface area contributed by atoms with Crippen molar-refractivity contribution in [2.24, 2.45) is 10.8 Å². The summed E-state index contributed by atoms with van der Waals surface area (Å²) >= 11 is 0. The summed E-state index contributed by atoms with van der Waals surface area (Å²) in [6, 6.07) is 0. The molecule has 63 heavy (non-hydrogen) atoms. The Balaban J connectivity index is 1.38. The first-order valence-electron chi connectivity index (χ1n) is 20.9. The zero-order valence-corrected chi connectivity index (χ0v) is 36.7. The van der Waals surface area contributed by atoms with E-state index in [1.165, 1.54) is 19.6 Å². The van der Waals surface area contributed by atoms with Crippen molar-refractivity contribution in [2.45, 2.75) is 129 Å². The maximum atomic E-state index is 13.7. The highest BCUT2D eigenvalue weighted by molar-refractivity contribution is 5.87. The van der Waals surface area contributed by atoms with E-state index < -0.39 is 71.6 Å². The number of epoxide rings is 2. The Bertz CT molecular complexity index is 2100. The SMILES string of the molecule is C/C=C/[C@H](OC(=O)CCC(=O)O)C(C)(C)[C@@H]1C/C=C\[C@H]2O[C@H]2/C=C/C=C\c2nc(co2)C(=O)O[C@H](C(C)(C)[C@@H](O)/C=C/C)C/C=C\C2OC2/C=C/[C@H](OC)Cc2nc(co2)C(=O)O1. The Morgan fingerprint density at radius 3 is 2.00 bits per heavy atom. The molecule has 5 heterocycles. The number of nitrogens with zero attached hydrogens (tertiary/aromatic N) is 2. The topological polar surface area (TPSA) is 223 Å². The van der Waals surface area contributed by atoms with Gasteiger partial charge in [0.05, 0.1) is 31.5 Å². The normalized spacial score (nSPS) is 28.6. The van der Waals surface area contributed by atoms with Crippen LogP contribution in [0.25, 0.3) is 6.08 Å². The number of ether oxygens (including phenoxy) is 6. The van der Waals surface area contributed by atoms with Crippen LogP contribution in [0.5, 0.6) is 0 Å². The third kappa shape index (κ3) is 13.9. The number of fused-ring (bicyclic) bond motifs is 6. The number of aliphatic hydroxyl groups excluding tert-OH is 1. The summed E-state index contributed by atoms with van der Waals surface area (Å²) in [6.45, 7) is 10.8. The molecule has 0 spiro atoms. The molecule has 2 saturated heterocycles. The first-order chi connectivity index (χ1) is 30.0. The van der Waals surface area contributed by atoms with Gasteiger partial charge in [-0.25, -0.2) is 19.6 Å². The second-order valence-electron chi connectivity index (χ2n) is 16.5. The largest absolute Gasteiger partial charge is 0.481 e. The van der Waals surface area contributed by atoms with Crippen LogP contribution in [0.3, 0.4) is 0 Å². The molecule has 2 fully saturated rings. The van der Waals surface area contributed by atoms with Crippen molar-refractivity contribution in [3.8, 4) is 0 Å². The van der Waals surface area contributed by atoms with Crippen molar-refractivity contribution in [1.29, 1.82) is 0 Å². The van der Waals surface area contributed by atoms with Gasteiger partial charge in [0.15, 0.2) is 17.3 Å². The Morgan fingerprint density at radius 1 is 0.794 bits per heavy atom. The standard InChI is InChI=1S/C47H58N2O14/c1-8-14-36(50)46(3,4)38-19-12-18-34-35(60-34)23-22-29(56-7)26-41-49-31(28-58-41)45(55)63-39(47(5,6)37(15-9-2)61-43(53)25-24-42(51)52)20-13-17-33-32(59-33)16-10-11-21-40-48-30(27-57-40)44(54)62-38/h8-18,21-23,27-29,32-39,50H,19-20,24-26H2,1-7H3,(H,51,52)/b14-8+,15-9+,16-10+,17-13-,18-12-,21-11-,23-22+/t29-,32-,33+,34?,35?,36-,37-,38-,39-/m0/s1. The van der Waals surface area contributed by atoms with Gasteiger partial charge in [0.2, 0.25) is 5.89 Å². The van der Waals surface area contributed by atoms with Crippen LogP contribution < -0.4 is 0 Å². The lowest BCUT2D eigenvalue weighted by Gasteiger charge is -2.38. The summed E-state index contributed by atoms with van der Waals surface area (Å²) in [4.78, 5) is 59.5. The fourth-order valence-electron chi connectivity index (χ4n) is 6.68. The van der Waals surface area contributed by atoms with Crippen LogP contribution in [0, 0.1) is 10.8 Å². The van der Waals surface area contributed by atoms with Gasteiger partial charge in [0, 0.05) is 36.9 Å². The molecule has 0 aromatic carbocycles. The molecule has 2 unspecified atom stereocenters. The molecular formula is C47H58N2O14. The number of carbonyl (C=O) groups excluding carboxylic acids is 3. The predicted molar refractivity (Wildman–Crippen MR) is 228 cm³/mol. The molecule has 340 valence electrons. The highest BCUT2D eigenvalue weighted by Gasteiger charge is 2.42. The maximum Gasteiger partial charge on any atom is 0.360 e.